The number of hydrogen-bond donors (Lipinski definition) is 0. The molecular weight excluding hydrogens is 298 g/mol. The molecule has 20 heavy (non-hydrogen) atoms. The molecule has 1 fully saturated rings. The van der Waals surface area contributed by atoms with Crippen molar-refractivity contribution in [3.63, 3.8) is 0 Å². The van der Waals surface area contributed by atoms with Crippen LogP contribution in [0.2, 0.25) is 0 Å². The van der Waals surface area contributed by atoms with E-state index in [1.54, 1.807) is 11.9 Å². The number of nitrogens with zero attached hydrogens (tertiary/aromatic N) is 3. The Morgan fingerprint density at radius 3 is 2.50 bits per heavy atom. The number of anilines is 1. The summed E-state index contributed by atoms with van der Waals surface area (Å²) in [6.45, 7) is 2.73. The van der Waals surface area contributed by atoms with Crippen LogP contribution in [0.1, 0.15) is 18.5 Å². The molecule has 0 unspecified atom stereocenters. The highest BCUT2D eigenvalue weighted by Gasteiger charge is 2.31. The van der Waals surface area contributed by atoms with Gasteiger partial charge in [0, 0.05) is 31.4 Å². The summed E-state index contributed by atoms with van der Waals surface area (Å²) >= 11 is 1.44. The molecule has 2 rings (SSSR count). The van der Waals surface area contributed by atoms with Crippen LogP contribution in [0.5, 0.6) is 0 Å². The number of aromatic nitrogens is 1. The summed E-state index contributed by atoms with van der Waals surface area (Å²) in [5.41, 5.74) is 0.900. The Morgan fingerprint density at radius 2 is 2.05 bits per heavy atom. The number of carbonyl (C=O) groups is 1. The van der Waals surface area contributed by atoms with Crippen molar-refractivity contribution in [3.05, 3.63) is 11.1 Å². The van der Waals surface area contributed by atoms with Crippen molar-refractivity contribution in [2.45, 2.75) is 19.8 Å². The molecule has 1 aromatic rings. The molecule has 0 N–H and O–H groups in total. The van der Waals surface area contributed by atoms with E-state index in [9.17, 15) is 13.2 Å². The summed E-state index contributed by atoms with van der Waals surface area (Å²) in [5.74, 6) is -0.102. The van der Waals surface area contributed by atoms with Crippen LogP contribution < -0.4 is 4.90 Å². The molecule has 1 aliphatic rings. The molecule has 112 valence electrons. The number of aryl methyl sites for hydroxylation is 1. The van der Waals surface area contributed by atoms with Crippen molar-refractivity contribution in [1.82, 2.24) is 9.29 Å². The molecule has 1 aliphatic heterocycles. The van der Waals surface area contributed by atoms with Crippen LogP contribution in [-0.4, -0.2) is 50.0 Å². The third-order valence-corrected chi connectivity index (χ3v) is 5.83. The Balaban J connectivity index is 1.98. The standard InChI is InChI=1S/C12H19N3O3S2/c1-9-8-19-12(13-9)14(2)11(16)10-4-6-15(7-5-10)20(3,17)18/h8,10H,4-7H2,1-3H3. The maximum absolute atomic E-state index is 12.4. The molecule has 8 heteroatoms. The minimum Gasteiger partial charge on any atom is -0.291 e. The maximum Gasteiger partial charge on any atom is 0.231 e. The molecule has 0 aliphatic carbocycles. The normalized spacial score (nSPS) is 18.1. The van der Waals surface area contributed by atoms with Crippen LogP contribution in [0.25, 0.3) is 0 Å². The van der Waals surface area contributed by atoms with Crippen LogP contribution in [0.4, 0.5) is 5.13 Å². The van der Waals surface area contributed by atoms with Gasteiger partial charge in [-0.1, -0.05) is 0 Å². The molecule has 6 nitrogen and oxygen atoms in total. The second kappa shape index (κ2) is 5.79. The summed E-state index contributed by atoms with van der Waals surface area (Å²) in [6, 6.07) is 0. The third-order valence-electron chi connectivity index (χ3n) is 3.50. The zero-order valence-corrected chi connectivity index (χ0v) is 13.5. The van der Waals surface area contributed by atoms with E-state index in [2.05, 4.69) is 4.98 Å². The number of rotatable bonds is 3. The van der Waals surface area contributed by atoms with Crippen LogP contribution in [0.15, 0.2) is 5.38 Å². The monoisotopic (exact) mass is 317 g/mol. The largest absolute Gasteiger partial charge is 0.291 e. The highest BCUT2D eigenvalue weighted by Crippen LogP contribution is 2.25. The summed E-state index contributed by atoms with van der Waals surface area (Å²) in [5, 5.41) is 2.60. The van der Waals surface area contributed by atoms with Gasteiger partial charge in [0.1, 0.15) is 0 Å². The Bertz CT molecular complexity index is 589. The Labute approximate surface area is 123 Å². The van der Waals surface area contributed by atoms with Gasteiger partial charge in [-0.25, -0.2) is 17.7 Å². The molecule has 0 spiro atoms. The second-order valence-corrected chi connectivity index (χ2v) is 7.92. The number of hydrogen-bond acceptors (Lipinski definition) is 5. The fourth-order valence-electron chi connectivity index (χ4n) is 2.30. The minimum atomic E-state index is -3.15. The van der Waals surface area contributed by atoms with Crippen LogP contribution in [0.3, 0.4) is 0 Å². The van der Waals surface area contributed by atoms with Gasteiger partial charge in [-0.3, -0.25) is 9.69 Å². The van der Waals surface area contributed by atoms with Gasteiger partial charge in [-0.2, -0.15) is 0 Å². The highest BCUT2D eigenvalue weighted by atomic mass is 32.2. The average molecular weight is 317 g/mol. The van der Waals surface area contributed by atoms with E-state index in [1.165, 1.54) is 21.9 Å². The molecule has 1 aromatic heterocycles. The van der Waals surface area contributed by atoms with Gasteiger partial charge < -0.3 is 0 Å². The lowest BCUT2D eigenvalue weighted by atomic mass is 9.97. The van der Waals surface area contributed by atoms with Crippen molar-refractivity contribution >= 4 is 32.4 Å². The first-order valence-corrected chi connectivity index (χ1v) is 9.16. The van der Waals surface area contributed by atoms with Crippen molar-refractivity contribution in [2.24, 2.45) is 5.92 Å². The lowest BCUT2D eigenvalue weighted by Crippen LogP contribution is -2.43. The quantitative estimate of drug-likeness (QED) is 0.836. The molecule has 0 radical (unpaired) electrons. The Morgan fingerprint density at radius 1 is 1.45 bits per heavy atom. The fourth-order valence-corrected chi connectivity index (χ4v) is 3.95. The molecule has 0 bridgehead atoms. The smallest absolute Gasteiger partial charge is 0.231 e. The summed E-state index contributed by atoms with van der Waals surface area (Å²) in [4.78, 5) is 18.3. The maximum atomic E-state index is 12.4. The number of carbonyl (C=O) groups excluding carboxylic acids is 1. The van der Waals surface area contributed by atoms with E-state index in [-0.39, 0.29) is 11.8 Å². The van der Waals surface area contributed by atoms with Gasteiger partial charge in [0.25, 0.3) is 0 Å². The zero-order valence-electron chi connectivity index (χ0n) is 11.9. The van der Waals surface area contributed by atoms with E-state index in [0.717, 1.165) is 5.69 Å². The van der Waals surface area contributed by atoms with E-state index in [4.69, 9.17) is 0 Å². The summed E-state index contributed by atoms with van der Waals surface area (Å²) < 4.78 is 24.3. The second-order valence-electron chi connectivity index (χ2n) is 5.11. The van der Waals surface area contributed by atoms with Crippen molar-refractivity contribution < 1.29 is 13.2 Å². The van der Waals surface area contributed by atoms with E-state index >= 15 is 0 Å². The Hall–Kier alpha value is -0.990. The molecule has 0 atom stereocenters. The summed E-state index contributed by atoms with van der Waals surface area (Å²) in [7, 11) is -1.42. The van der Waals surface area contributed by atoms with E-state index in [0.29, 0.717) is 31.1 Å². The average Bonchev–Trinajstić information content (AvgIpc) is 2.83. The predicted molar refractivity (Wildman–Crippen MR) is 79.4 cm³/mol. The van der Waals surface area contributed by atoms with Crippen LogP contribution >= 0.6 is 11.3 Å². The van der Waals surface area contributed by atoms with E-state index < -0.39 is 10.0 Å². The first-order valence-electron chi connectivity index (χ1n) is 6.44. The molecule has 1 amide bonds. The molecule has 0 saturated carbocycles. The first-order chi connectivity index (χ1) is 9.29. The molecule has 0 aromatic carbocycles. The minimum absolute atomic E-state index is 0.0208. The van der Waals surface area contributed by atoms with Crippen molar-refractivity contribution in [3.8, 4) is 0 Å². The number of amides is 1. The van der Waals surface area contributed by atoms with E-state index in [1.807, 2.05) is 12.3 Å². The number of sulfonamides is 1. The predicted octanol–water partition coefficient (Wildman–Crippen LogP) is 1.09. The van der Waals surface area contributed by atoms with Gasteiger partial charge in [0.2, 0.25) is 15.9 Å². The molecule has 1 saturated heterocycles. The Kier molecular flexibility index (Phi) is 4.46. The fraction of sp³-hybridized carbons (Fsp3) is 0.667. The first kappa shape index (κ1) is 15.4. The highest BCUT2D eigenvalue weighted by molar-refractivity contribution is 7.88. The van der Waals surface area contributed by atoms with Gasteiger partial charge in [-0.15, -0.1) is 11.3 Å². The van der Waals surface area contributed by atoms with Gasteiger partial charge in [0.15, 0.2) is 5.13 Å². The van der Waals surface area contributed by atoms with Gasteiger partial charge in [-0.05, 0) is 19.8 Å². The SMILES string of the molecule is Cc1csc(N(C)C(=O)C2CCN(S(C)(=O)=O)CC2)n1. The number of piperidine rings is 1. The van der Waals surface area contributed by atoms with Crippen molar-refractivity contribution in [1.29, 1.82) is 0 Å². The molecule has 2 heterocycles. The summed E-state index contributed by atoms with van der Waals surface area (Å²) in [6.07, 6.45) is 2.35. The topological polar surface area (TPSA) is 70.6 Å². The third kappa shape index (κ3) is 3.36. The number of thiazole rings is 1. The van der Waals surface area contributed by atoms with Crippen LogP contribution in [0, 0.1) is 12.8 Å². The van der Waals surface area contributed by atoms with Gasteiger partial charge in [0.05, 0.1) is 11.9 Å². The van der Waals surface area contributed by atoms with Gasteiger partial charge >= 0.3 is 0 Å². The molecular formula is C12H19N3O3S2. The van der Waals surface area contributed by atoms with Crippen LogP contribution in [-0.2, 0) is 14.8 Å². The zero-order chi connectivity index (χ0) is 14.9. The van der Waals surface area contributed by atoms with Crippen molar-refractivity contribution in [2.75, 3.05) is 31.3 Å². The lowest BCUT2D eigenvalue weighted by molar-refractivity contribution is -0.123. The lowest BCUT2D eigenvalue weighted by Gasteiger charge is -2.31.